The summed E-state index contributed by atoms with van der Waals surface area (Å²) in [5, 5.41) is 0. The first-order valence-corrected chi connectivity index (χ1v) is 9.78. The molecule has 0 atom stereocenters. The third kappa shape index (κ3) is 4.04. The largest absolute Gasteiger partial charge is 0.363 e. The molecule has 0 saturated carbocycles. The fourth-order valence-corrected chi connectivity index (χ4v) is 3.68. The summed E-state index contributed by atoms with van der Waals surface area (Å²) in [5.41, 5.74) is 0. The van der Waals surface area contributed by atoms with E-state index in [1.807, 2.05) is 31.3 Å². The molecular formula is C19H28N8. The van der Waals surface area contributed by atoms with E-state index in [1.165, 1.54) is 19.3 Å². The number of hydrogen-bond acceptors (Lipinski definition) is 8. The monoisotopic (exact) mass is 368 g/mol. The highest BCUT2D eigenvalue weighted by Crippen LogP contribution is 2.23. The maximum absolute atomic E-state index is 4.66. The topological polar surface area (TPSA) is 64.5 Å². The highest BCUT2D eigenvalue weighted by Gasteiger charge is 2.21. The zero-order valence-electron chi connectivity index (χ0n) is 16.3. The molecule has 2 fully saturated rings. The first kappa shape index (κ1) is 17.8. The Labute approximate surface area is 160 Å². The molecule has 2 saturated heterocycles. The van der Waals surface area contributed by atoms with E-state index in [2.05, 4.69) is 40.7 Å². The lowest BCUT2D eigenvalue weighted by Gasteiger charge is -2.36. The summed E-state index contributed by atoms with van der Waals surface area (Å²) in [6.45, 7) is 5.80. The van der Waals surface area contributed by atoms with Crippen molar-refractivity contribution in [2.75, 3.05) is 73.0 Å². The van der Waals surface area contributed by atoms with E-state index in [0.717, 1.165) is 62.7 Å². The molecular weight excluding hydrogens is 340 g/mol. The van der Waals surface area contributed by atoms with Crippen LogP contribution in [0.3, 0.4) is 0 Å². The van der Waals surface area contributed by atoms with Crippen LogP contribution in [0.15, 0.2) is 24.7 Å². The normalized spacial score (nSPS) is 17.9. The predicted molar refractivity (Wildman–Crippen MR) is 109 cm³/mol. The highest BCUT2D eigenvalue weighted by atomic mass is 15.3. The lowest BCUT2D eigenvalue weighted by molar-refractivity contribution is 0.572. The van der Waals surface area contributed by atoms with E-state index in [0.29, 0.717) is 0 Å². The molecule has 27 heavy (non-hydrogen) atoms. The van der Waals surface area contributed by atoms with Crippen LogP contribution >= 0.6 is 0 Å². The zero-order valence-corrected chi connectivity index (χ0v) is 16.3. The van der Waals surface area contributed by atoms with Crippen LogP contribution in [0.1, 0.15) is 19.3 Å². The molecule has 0 aromatic carbocycles. The van der Waals surface area contributed by atoms with E-state index in [4.69, 9.17) is 0 Å². The molecule has 144 valence electrons. The van der Waals surface area contributed by atoms with Crippen LogP contribution in [0.25, 0.3) is 0 Å². The molecule has 8 heteroatoms. The van der Waals surface area contributed by atoms with Gasteiger partial charge in [0.05, 0.1) is 0 Å². The zero-order chi connectivity index (χ0) is 18.6. The molecule has 4 rings (SSSR count). The molecule has 0 spiro atoms. The number of nitrogens with zero attached hydrogens (tertiary/aromatic N) is 8. The molecule has 2 aliphatic rings. The van der Waals surface area contributed by atoms with Gasteiger partial charge in [-0.2, -0.15) is 4.98 Å². The van der Waals surface area contributed by atoms with E-state index < -0.39 is 0 Å². The Balaban J connectivity index is 1.41. The minimum Gasteiger partial charge on any atom is -0.363 e. The maximum Gasteiger partial charge on any atom is 0.227 e. The van der Waals surface area contributed by atoms with Gasteiger partial charge in [-0.15, -0.1) is 0 Å². The number of piperidine rings is 1. The van der Waals surface area contributed by atoms with Crippen molar-refractivity contribution in [3.63, 3.8) is 0 Å². The van der Waals surface area contributed by atoms with Gasteiger partial charge < -0.3 is 19.6 Å². The summed E-state index contributed by atoms with van der Waals surface area (Å²) in [5.74, 6) is 3.82. The molecule has 0 bridgehead atoms. The quantitative estimate of drug-likeness (QED) is 0.807. The van der Waals surface area contributed by atoms with Gasteiger partial charge in [0, 0.05) is 65.6 Å². The standard InChI is InChI=1S/C19H28N8/c1-24(2)16-6-7-20-19(23-16)27-12-10-26(11-13-27)18-14-17(21-15-22-18)25-8-4-3-5-9-25/h6-7,14-15H,3-5,8-13H2,1-2H3. The fourth-order valence-electron chi connectivity index (χ4n) is 3.68. The molecule has 0 unspecified atom stereocenters. The molecule has 2 aromatic heterocycles. The molecule has 0 amide bonds. The van der Waals surface area contributed by atoms with E-state index in [9.17, 15) is 0 Å². The summed E-state index contributed by atoms with van der Waals surface area (Å²) in [7, 11) is 4.00. The van der Waals surface area contributed by atoms with Crippen LogP contribution in [0.4, 0.5) is 23.4 Å². The van der Waals surface area contributed by atoms with Crippen molar-refractivity contribution >= 4 is 23.4 Å². The lowest BCUT2D eigenvalue weighted by Crippen LogP contribution is -2.47. The van der Waals surface area contributed by atoms with E-state index >= 15 is 0 Å². The molecule has 8 nitrogen and oxygen atoms in total. The van der Waals surface area contributed by atoms with Crippen molar-refractivity contribution in [3.05, 3.63) is 24.7 Å². The van der Waals surface area contributed by atoms with Gasteiger partial charge in [0.1, 0.15) is 23.8 Å². The van der Waals surface area contributed by atoms with Crippen molar-refractivity contribution in [1.29, 1.82) is 0 Å². The Bertz CT molecular complexity index is 751. The van der Waals surface area contributed by atoms with Gasteiger partial charge in [0.25, 0.3) is 0 Å². The second-order valence-corrected chi connectivity index (χ2v) is 7.37. The second kappa shape index (κ2) is 7.94. The number of rotatable bonds is 4. The summed E-state index contributed by atoms with van der Waals surface area (Å²) < 4.78 is 0. The smallest absolute Gasteiger partial charge is 0.227 e. The molecule has 0 N–H and O–H groups in total. The number of anilines is 4. The highest BCUT2D eigenvalue weighted by molar-refractivity contribution is 5.52. The second-order valence-electron chi connectivity index (χ2n) is 7.37. The van der Waals surface area contributed by atoms with Gasteiger partial charge in [-0.25, -0.2) is 15.0 Å². The Morgan fingerprint density at radius 2 is 1.41 bits per heavy atom. The van der Waals surface area contributed by atoms with Crippen LogP contribution < -0.4 is 19.6 Å². The minimum atomic E-state index is 0.803. The average molecular weight is 368 g/mol. The summed E-state index contributed by atoms with van der Waals surface area (Å²) in [4.78, 5) is 27.1. The summed E-state index contributed by atoms with van der Waals surface area (Å²) in [6, 6.07) is 4.08. The van der Waals surface area contributed by atoms with Crippen molar-refractivity contribution in [1.82, 2.24) is 19.9 Å². The summed E-state index contributed by atoms with van der Waals surface area (Å²) >= 11 is 0. The van der Waals surface area contributed by atoms with Crippen LogP contribution in [-0.4, -0.2) is 73.3 Å². The number of aromatic nitrogens is 4. The first-order valence-electron chi connectivity index (χ1n) is 9.78. The number of piperazine rings is 1. The Kier molecular flexibility index (Phi) is 5.22. The van der Waals surface area contributed by atoms with Crippen molar-refractivity contribution in [3.8, 4) is 0 Å². The third-order valence-corrected chi connectivity index (χ3v) is 5.29. The van der Waals surface area contributed by atoms with Gasteiger partial charge in [-0.1, -0.05) is 0 Å². The summed E-state index contributed by atoms with van der Waals surface area (Å²) in [6.07, 6.45) is 7.37. The lowest BCUT2D eigenvalue weighted by atomic mass is 10.1. The molecule has 0 radical (unpaired) electrons. The van der Waals surface area contributed by atoms with Crippen molar-refractivity contribution < 1.29 is 0 Å². The molecule has 2 aliphatic heterocycles. The van der Waals surface area contributed by atoms with Crippen molar-refractivity contribution in [2.45, 2.75) is 19.3 Å². The van der Waals surface area contributed by atoms with Crippen LogP contribution in [0.2, 0.25) is 0 Å². The average Bonchev–Trinajstić information content (AvgIpc) is 2.75. The minimum absolute atomic E-state index is 0.803. The molecule has 0 aliphatic carbocycles. The van der Waals surface area contributed by atoms with Crippen LogP contribution in [-0.2, 0) is 0 Å². The van der Waals surface area contributed by atoms with Crippen LogP contribution in [0, 0.1) is 0 Å². The maximum atomic E-state index is 4.66. The van der Waals surface area contributed by atoms with Gasteiger partial charge in [0.2, 0.25) is 5.95 Å². The fraction of sp³-hybridized carbons (Fsp3) is 0.579. The first-order chi connectivity index (χ1) is 13.2. The van der Waals surface area contributed by atoms with Gasteiger partial charge in [-0.05, 0) is 25.3 Å². The van der Waals surface area contributed by atoms with E-state index in [-0.39, 0.29) is 0 Å². The SMILES string of the molecule is CN(C)c1ccnc(N2CCN(c3cc(N4CCCCC4)ncn3)CC2)n1. The van der Waals surface area contributed by atoms with E-state index in [1.54, 1.807) is 6.33 Å². The van der Waals surface area contributed by atoms with Gasteiger partial charge >= 0.3 is 0 Å². The van der Waals surface area contributed by atoms with Gasteiger partial charge in [-0.3, -0.25) is 0 Å². The number of hydrogen-bond donors (Lipinski definition) is 0. The molecule has 2 aromatic rings. The predicted octanol–water partition coefficient (Wildman–Crippen LogP) is 1.65. The Morgan fingerprint density at radius 3 is 2.07 bits per heavy atom. The van der Waals surface area contributed by atoms with Crippen molar-refractivity contribution in [2.24, 2.45) is 0 Å². The van der Waals surface area contributed by atoms with Crippen LogP contribution in [0.5, 0.6) is 0 Å². The third-order valence-electron chi connectivity index (χ3n) is 5.29. The van der Waals surface area contributed by atoms with Gasteiger partial charge in [0.15, 0.2) is 0 Å². The Hall–Kier alpha value is -2.64. The molecule has 4 heterocycles. The Morgan fingerprint density at radius 1 is 0.778 bits per heavy atom.